The molecule has 0 heterocycles. The van der Waals surface area contributed by atoms with Gasteiger partial charge >= 0.3 is 0 Å². The van der Waals surface area contributed by atoms with Crippen LogP contribution in [-0.2, 0) is 12.8 Å². The lowest BCUT2D eigenvalue weighted by molar-refractivity contribution is -0.384. The lowest BCUT2D eigenvalue weighted by atomic mass is 10.1. The first kappa shape index (κ1) is 13.8. The van der Waals surface area contributed by atoms with Gasteiger partial charge in [0.2, 0.25) is 0 Å². The molecule has 2 aromatic carbocycles. The Hall–Kier alpha value is -2.20. The molecule has 0 amide bonds. The molecule has 0 saturated heterocycles. The molecule has 0 bridgehead atoms. The van der Waals surface area contributed by atoms with E-state index >= 15 is 0 Å². The van der Waals surface area contributed by atoms with Gasteiger partial charge in [0, 0.05) is 24.2 Å². The summed E-state index contributed by atoms with van der Waals surface area (Å²) in [6.07, 6.45) is 2.10. The summed E-state index contributed by atoms with van der Waals surface area (Å²) in [6.45, 7) is 2.10. The van der Waals surface area contributed by atoms with Gasteiger partial charge in [0.1, 0.15) is 0 Å². The van der Waals surface area contributed by atoms with E-state index in [9.17, 15) is 10.1 Å². The number of rotatable bonds is 4. The number of benzene rings is 2. The number of hydrogen-bond donors (Lipinski definition) is 1. The van der Waals surface area contributed by atoms with Crippen molar-refractivity contribution in [2.75, 3.05) is 0 Å². The second kappa shape index (κ2) is 5.66. The van der Waals surface area contributed by atoms with Crippen molar-refractivity contribution in [2.45, 2.75) is 31.8 Å². The van der Waals surface area contributed by atoms with Crippen molar-refractivity contribution in [3.8, 4) is 0 Å². The Balaban J connectivity index is 1.65. The van der Waals surface area contributed by atoms with Gasteiger partial charge in [-0.25, -0.2) is 0 Å². The van der Waals surface area contributed by atoms with Gasteiger partial charge in [-0.1, -0.05) is 36.4 Å². The van der Waals surface area contributed by atoms with Crippen molar-refractivity contribution in [1.82, 2.24) is 5.32 Å². The molecule has 0 aliphatic heterocycles. The topological polar surface area (TPSA) is 55.2 Å². The number of nitro groups is 1. The van der Waals surface area contributed by atoms with E-state index in [1.807, 2.05) is 12.1 Å². The highest BCUT2D eigenvalue weighted by Crippen LogP contribution is 2.24. The molecule has 1 N–H and O–H groups in total. The predicted molar refractivity (Wildman–Crippen MR) is 82.3 cm³/mol. The fourth-order valence-corrected chi connectivity index (χ4v) is 3.01. The van der Waals surface area contributed by atoms with Crippen molar-refractivity contribution in [1.29, 1.82) is 0 Å². The molecule has 4 nitrogen and oxygen atoms in total. The zero-order chi connectivity index (χ0) is 14.8. The molecule has 0 aromatic heterocycles. The first-order valence-corrected chi connectivity index (χ1v) is 7.20. The number of non-ortho nitro benzene ring substituents is 1. The maximum absolute atomic E-state index is 10.7. The van der Waals surface area contributed by atoms with Gasteiger partial charge in [0.05, 0.1) is 4.92 Å². The number of nitrogens with zero attached hydrogens (tertiary/aromatic N) is 1. The van der Waals surface area contributed by atoms with Crippen molar-refractivity contribution in [3.63, 3.8) is 0 Å². The van der Waals surface area contributed by atoms with Gasteiger partial charge in [-0.05, 0) is 36.5 Å². The van der Waals surface area contributed by atoms with Crippen LogP contribution in [0.25, 0.3) is 0 Å². The molecule has 1 aliphatic rings. The average molecular weight is 282 g/mol. The first-order valence-electron chi connectivity index (χ1n) is 7.20. The monoisotopic (exact) mass is 282 g/mol. The van der Waals surface area contributed by atoms with Crippen LogP contribution < -0.4 is 5.32 Å². The SMILES string of the molecule is CC(NC1Cc2ccccc2C1)c1ccc([N+](=O)[O-])cc1. The van der Waals surface area contributed by atoms with E-state index < -0.39 is 0 Å². The maximum atomic E-state index is 10.7. The molecule has 0 spiro atoms. The van der Waals surface area contributed by atoms with Gasteiger partial charge in [-0.15, -0.1) is 0 Å². The van der Waals surface area contributed by atoms with Crippen LogP contribution in [0, 0.1) is 10.1 Å². The second-order valence-corrected chi connectivity index (χ2v) is 5.61. The van der Waals surface area contributed by atoms with Gasteiger partial charge in [-0.3, -0.25) is 10.1 Å². The number of nitro benzene ring substituents is 1. The molecule has 4 heteroatoms. The summed E-state index contributed by atoms with van der Waals surface area (Å²) < 4.78 is 0. The van der Waals surface area contributed by atoms with Crippen molar-refractivity contribution >= 4 is 5.69 Å². The molecule has 2 aromatic rings. The molecule has 0 fully saturated rings. The summed E-state index contributed by atoms with van der Waals surface area (Å²) in [7, 11) is 0. The highest BCUT2D eigenvalue weighted by atomic mass is 16.6. The molecule has 1 unspecified atom stereocenters. The lowest BCUT2D eigenvalue weighted by Gasteiger charge is -2.19. The van der Waals surface area contributed by atoms with Crippen LogP contribution in [-0.4, -0.2) is 11.0 Å². The third-order valence-corrected chi connectivity index (χ3v) is 4.14. The van der Waals surface area contributed by atoms with E-state index in [1.54, 1.807) is 12.1 Å². The molecular weight excluding hydrogens is 264 g/mol. The summed E-state index contributed by atoms with van der Waals surface area (Å²) in [4.78, 5) is 10.3. The third kappa shape index (κ3) is 2.95. The lowest BCUT2D eigenvalue weighted by Crippen LogP contribution is -2.32. The van der Waals surface area contributed by atoms with Crippen molar-refractivity contribution < 1.29 is 4.92 Å². The smallest absolute Gasteiger partial charge is 0.269 e. The van der Waals surface area contributed by atoms with E-state index in [-0.39, 0.29) is 16.7 Å². The Kier molecular flexibility index (Phi) is 3.71. The molecule has 0 saturated carbocycles. The van der Waals surface area contributed by atoms with Crippen LogP contribution >= 0.6 is 0 Å². The quantitative estimate of drug-likeness (QED) is 0.690. The highest BCUT2D eigenvalue weighted by molar-refractivity contribution is 5.35. The summed E-state index contributed by atoms with van der Waals surface area (Å²) in [5, 5.41) is 14.3. The fraction of sp³-hybridized carbons (Fsp3) is 0.294. The fourth-order valence-electron chi connectivity index (χ4n) is 3.01. The third-order valence-electron chi connectivity index (χ3n) is 4.14. The standard InChI is InChI=1S/C17H18N2O2/c1-12(13-6-8-17(9-7-13)19(20)21)18-16-10-14-4-2-3-5-15(14)11-16/h2-9,12,16,18H,10-11H2,1H3. The van der Waals surface area contributed by atoms with Gasteiger partial charge in [0.25, 0.3) is 5.69 Å². The normalized spacial score (nSPS) is 15.7. The van der Waals surface area contributed by atoms with Gasteiger partial charge in [-0.2, -0.15) is 0 Å². The highest BCUT2D eigenvalue weighted by Gasteiger charge is 2.22. The Morgan fingerprint density at radius 2 is 1.67 bits per heavy atom. The minimum absolute atomic E-state index is 0.138. The van der Waals surface area contributed by atoms with Gasteiger partial charge < -0.3 is 5.32 Å². The van der Waals surface area contributed by atoms with Crippen LogP contribution in [0.15, 0.2) is 48.5 Å². The van der Waals surface area contributed by atoms with Crippen molar-refractivity contribution in [2.24, 2.45) is 0 Å². The Labute approximate surface area is 124 Å². The van der Waals surface area contributed by atoms with E-state index in [4.69, 9.17) is 0 Å². The van der Waals surface area contributed by atoms with E-state index in [0.717, 1.165) is 18.4 Å². The summed E-state index contributed by atoms with van der Waals surface area (Å²) in [5.41, 5.74) is 4.06. The van der Waals surface area contributed by atoms with Crippen LogP contribution in [0.1, 0.15) is 29.7 Å². The number of hydrogen-bond acceptors (Lipinski definition) is 3. The first-order chi connectivity index (χ1) is 10.1. The predicted octanol–water partition coefficient (Wildman–Crippen LogP) is 3.41. The largest absolute Gasteiger partial charge is 0.307 e. The molecular formula is C17H18N2O2. The van der Waals surface area contributed by atoms with Crippen LogP contribution in [0.2, 0.25) is 0 Å². The van der Waals surface area contributed by atoms with Gasteiger partial charge in [0.15, 0.2) is 0 Å². The van der Waals surface area contributed by atoms with E-state index in [1.165, 1.54) is 11.1 Å². The minimum atomic E-state index is -0.366. The van der Waals surface area contributed by atoms with E-state index in [2.05, 4.69) is 36.5 Å². The maximum Gasteiger partial charge on any atom is 0.269 e. The van der Waals surface area contributed by atoms with Crippen LogP contribution in [0.5, 0.6) is 0 Å². The molecule has 1 aliphatic carbocycles. The zero-order valence-electron chi connectivity index (χ0n) is 12.0. The summed E-state index contributed by atoms with van der Waals surface area (Å²) in [5.74, 6) is 0. The molecule has 3 rings (SSSR count). The second-order valence-electron chi connectivity index (χ2n) is 5.61. The summed E-state index contributed by atoms with van der Waals surface area (Å²) >= 11 is 0. The Bertz CT molecular complexity index is 627. The van der Waals surface area contributed by atoms with Crippen LogP contribution in [0.3, 0.4) is 0 Å². The Morgan fingerprint density at radius 3 is 2.19 bits per heavy atom. The molecule has 21 heavy (non-hydrogen) atoms. The van der Waals surface area contributed by atoms with Crippen molar-refractivity contribution in [3.05, 3.63) is 75.3 Å². The Morgan fingerprint density at radius 1 is 1.10 bits per heavy atom. The minimum Gasteiger partial charge on any atom is -0.307 e. The molecule has 0 radical (unpaired) electrons. The summed E-state index contributed by atoms with van der Waals surface area (Å²) in [6, 6.07) is 16.0. The molecule has 1 atom stereocenters. The average Bonchev–Trinajstić information content (AvgIpc) is 2.89. The number of nitrogens with one attached hydrogen (secondary N) is 1. The van der Waals surface area contributed by atoms with E-state index in [0.29, 0.717) is 6.04 Å². The number of fused-ring (bicyclic) bond motifs is 1. The molecule has 108 valence electrons. The zero-order valence-corrected chi connectivity index (χ0v) is 12.0. The van der Waals surface area contributed by atoms with Crippen LogP contribution in [0.4, 0.5) is 5.69 Å².